The summed E-state index contributed by atoms with van der Waals surface area (Å²) in [5.41, 5.74) is -1.96. The summed E-state index contributed by atoms with van der Waals surface area (Å²) in [6.45, 7) is 18.1. The van der Waals surface area contributed by atoms with Gasteiger partial charge in [-0.05, 0) is 58.2 Å². The van der Waals surface area contributed by atoms with Crippen LogP contribution in [0.15, 0.2) is 15.8 Å². The van der Waals surface area contributed by atoms with Crippen molar-refractivity contribution in [2.75, 3.05) is 26.3 Å². The molecule has 3 unspecified atom stereocenters. The van der Waals surface area contributed by atoms with Gasteiger partial charge in [0.05, 0.1) is 31.6 Å². The Morgan fingerprint density at radius 2 is 1.82 bits per heavy atom. The Kier molecular flexibility index (Phi) is 11.2. The number of nitrogens with zero attached hydrogens (tertiary/aromatic N) is 2. The number of hydrogen-bond acceptors (Lipinski definition) is 9. The number of ether oxygens (including phenoxy) is 2. The molecule has 0 radical (unpaired) electrons. The highest BCUT2D eigenvalue weighted by molar-refractivity contribution is 7.51. The fraction of sp³-hybridized carbons (Fsp3) is 0.862. The zero-order valence-electron chi connectivity index (χ0n) is 27.5. The second-order valence-electron chi connectivity index (χ2n) is 14.5. The molecule has 15 heteroatoms. The van der Waals surface area contributed by atoms with Crippen molar-refractivity contribution in [1.82, 2.24) is 19.5 Å². The van der Waals surface area contributed by atoms with Crippen molar-refractivity contribution in [1.29, 1.82) is 0 Å². The quantitative estimate of drug-likeness (QED) is 0.250. The third kappa shape index (κ3) is 8.77. The van der Waals surface area contributed by atoms with Crippen LogP contribution in [0.25, 0.3) is 0 Å². The molecule has 3 saturated heterocycles. The van der Waals surface area contributed by atoms with Gasteiger partial charge in [0.1, 0.15) is 18.6 Å². The normalized spacial score (nSPS) is 29.9. The Bertz CT molecular complexity index is 1300. The van der Waals surface area contributed by atoms with Crippen LogP contribution in [0.5, 0.6) is 0 Å². The molecule has 0 aromatic carbocycles. The second-order valence-corrected chi connectivity index (χ2v) is 21.3. The highest BCUT2D eigenvalue weighted by Crippen LogP contribution is 2.54. The first kappa shape index (κ1) is 35.6. The highest BCUT2D eigenvalue weighted by atomic mass is 31.2. The lowest BCUT2D eigenvalue weighted by Crippen LogP contribution is -2.55. The van der Waals surface area contributed by atoms with E-state index in [1.807, 2.05) is 11.9 Å². The second kappa shape index (κ2) is 13.9. The Balaban J connectivity index is 1.51. The van der Waals surface area contributed by atoms with Gasteiger partial charge >= 0.3 is 13.4 Å². The third-order valence-electron chi connectivity index (χ3n) is 9.13. The molecule has 0 bridgehead atoms. The summed E-state index contributed by atoms with van der Waals surface area (Å²) in [6.07, 6.45) is 2.97. The van der Waals surface area contributed by atoms with Crippen LogP contribution in [0.4, 0.5) is 4.39 Å². The van der Waals surface area contributed by atoms with Crippen molar-refractivity contribution >= 4 is 16.1 Å². The minimum absolute atomic E-state index is 0.0818. The van der Waals surface area contributed by atoms with Gasteiger partial charge in [0.25, 0.3) is 5.56 Å². The molecule has 0 spiro atoms. The predicted molar refractivity (Wildman–Crippen MR) is 168 cm³/mol. The number of nitrogens with one attached hydrogen (secondary N) is 2. The molecule has 4 heterocycles. The van der Waals surface area contributed by atoms with E-state index in [2.05, 4.69) is 53.0 Å². The number of halogens is 1. The zero-order chi connectivity index (χ0) is 32.5. The molecule has 44 heavy (non-hydrogen) atoms. The van der Waals surface area contributed by atoms with Crippen molar-refractivity contribution in [2.24, 2.45) is 0 Å². The molecule has 3 aliphatic rings. The number of hydrogen-bond donors (Lipinski definition) is 2. The monoisotopic (exact) mass is 662 g/mol. The fourth-order valence-corrected chi connectivity index (χ4v) is 9.06. The van der Waals surface area contributed by atoms with Gasteiger partial charge in [-0.15, -0.1) is 0 Å². The maximum atomic E-state index is 14.4. The van der Waals surface area contributed by atoms with E-state index in [-0.39, 0.29) is 42.5 Å². The first-order valence-electron chi connectivity index (χ1n) is 15.8. The van der Waals surface area contributed by atoms with Crippen LogP contribution in [-0.4, -0.2) is 78.9 Å². The number of H-pyrrole nitrogens is 1. The summed E-state index contributed by atoms with van der Waals surface area (Å²) in [4.78, 5) is 26.2. The predicted octanol–water partition coefficient (Wildman–Crippen LogP) is 4.87. The van der Waals surface area contributed by atoms with Crippen molar-refractivity contribution in [2.45, 2.75) is 135 Å². The van der Waals surface area contributed by atoms with Gasteiger partial charge in [0.2, 0.25) is 5.82 Å². The summed E-state index contributed by atoms with van der Waals surface area (Å²) in [5, 5.41) is 3.36. The van der Waals surface area contributed by atoms with E-state index in [1.54, 1.807) is 4.67 Å². The standard InChI is InChI=1S/C29H52FN4O8PSi/c1-20-17-29(5,6)32-24(40-20)12-15-38-43(37,33-13-10-9-11-14-33)39-19-23-22(42-44(7,8)28(2,3)4)16-25(41-23)34-18-21(30)26(35)31-27(34)36/h18,20,22-25,32H,9-17,19H2,1-8H3,(H,31,35,36)/t20?,22-,23+,24?,25+,43?/m0/s1. The summed E-state index contributed by atoms with van der Waals surface area (Å²) in [7, 11) is -6.07. The number of aromatic amines is 1. The van der Waals surface area contributed by atoms with Crippen LogP contribution in [0.1, 0.15) is 86.3 Å². The van der Waals surface area contributed by atoms with Crippen LogP contribution in [0.2, 0.25) is 18.1 Å². The van der Waals surface area contributed by atoms with E-state index in [4.69, 9.17) is 22.9 Å². The van der Waals surface area contributed by atoms with Crippen LogP contribution < -0.4 is 16.6 Å². The fourth-order valence-electron chi connectivity index (χ4n) is 5.86. The molecule has 3 aliphatic heterocycles. The van der Waals surface area contributed by atoms with E-state index in [9.17, 15) is 18.5 Å². The average Bonchev–Trinajstić information content (AvgIpc) is 3.30. The van der Waals surface area contributed by atoms with Gasteiger partial charge < -0.3 is 13.9 Å². The van der Waals surface area contributed by atoms with E-state index < -0.39 is 51.6 Å². The van der Waals surface area contributed by atoms with Crippen LogP contribution in [-0.2, 0) is 27.5 Å². The van der Waals surface area contributed by atoms with Crippen LogP contribution in [0.3, 0.4) is 0 Å². The van der Waals surface area contributed by atoms with Crippen molar-refractivity contribution in [3.05, 3.63) is 32.9 Å². The number of aromatic nitrogens is 2. The van der Waals surface area contributed by atoms with Crippen LogP contribution >= 0.6 is 7.75 Å². The SMILES string of the molecule is CC1CC(C)(C)NC(CCOP(=O)(OC[C@H]2O[C@@H](n3cc(F)c(=O)[nH]c3=O)C[C@@H]2O[Si](C)(C)C(C)(C)C)N2CCCCC2)O1. The molecule has 252 valence electrons. The van der Waals surface area contributed by atoms with E-state index in [0.717, 1.165) is 36.4 Å². The van der Waals surface area contributed by atoms with Crippen molar-refractivity contribution in [3.8, 4) is 0 Å². The summed E-state index contributed by atoms with van der Waals surface area (Å²) >= 11 is 0. The van der Waals surface area contributed by atoms with E-state index >= 15 is 0 Å². The average molecular weight is 663 g/mol. The molecule has 0 saturated carbocycles. The van der Waals surface area contributed by atoms with Gasteiger partial charge in [0, 0.05) is 31.5 Å². The van der Waals surface area contributed by atoms with E-state index in [1.165, 1.54) is 0 Å². The molecule has 6 atom stereocenters. The first-order valence-corrected chi connectivity index (χ1v) is 20.2. The Morgan fingerprint density at radius 3 is 2.45 bits per heavy atom. The van der Waals surface area contributed by atoms with Gasteiger partial charge in [-0.3, -0.25) is 28.7 Å². The molecular weight excluding hydrogens is 610 g/mol. The van der Waals surface area contributed by atoms with Crippen molar-refractivity contribution in [3.63, 3.8) is 0 Å². The van der Waals surface area contributed by atoms with Crippen LogP contribution in [0, 0.1) is 5.82 Å². The molecule has 0 amide bonds. The third-order valence-corrected chi connectivity index (χ3v) is 15.7. The summed E-state index contributed by atoms with van der Waals surface area (Å²) in [5.74, 6) is -1.09. The summed E-state index contributed by atoms with van der Waals surface area (Å²) in [6, 6.07) is 0. The topological polar surface area (TPSA) is 133 Å². The lowest BCUT2D eigenvalue weighted by Gasteiger charge is -2.41. The minimum atomic E-state index is -3.74. The largest absolute Gasteiger partial charge is 0.411 e. The van der Waals surface area contributed by atoms with Gasteiger partial charge in [0.15, 0.2) is 8.32 Å². The minimum Gasteiger partial charge on any atom is -0.411 e. The van der Waals surface area contributed by atoms with Crippen molar-refractivity contribution < 1.29 is 31.9 Å². The molecule has 4 rings (SSSR count). The molecule has 3 fully saturated rings. The molecule has 1 aromatic heterocycles. The lowest BCUT2D eigenvalue weighted by molar-refractivity contribution is -0.0944. The van der Waals surface area contributed by atoms with Gasteiger partial charge in [-0.2, -0.15) is 4.39 Å². The smallest absolute Gasteiger partial charge is 0.408 e. The van der Waals surface area contributed by atoms with E-state index in [0.29, 0.717) is 19.5 Å². The number of rotatable bonds is 11. The Morgan fingerprint density at radius 1 is 1.14 bits per heavy atom. The van der Waals surface area contributed by atoms with Gasteiger partial charge in [-0.25, -0.2) is 14.0 Å². The Labute approximate surface area is 261 Å². The summed E-state index contributed by atoms with van der Waals surface area (Å²) < 4.78 is 62.6. The maximum Gasteiger partial charge on any atom is 0.408 e. The lowest BCUT2D eigenvalue weighted by atomic mass is 9.95. The van der Waals surface area contributed by atoms with Gasteiger partial charge in [-0.1, -0.05) is 27.2 Å². The molecule has 2 N–H and O–H groups in total. The molecule has 12 nitrogen and oxygen atoms in total. The maximum absolute atomic E-state index is 14.4. The zero-order valence-corrected chi connectivity index (χ0v) is 29.4. The molecule has 1 aromatic rings. The Hall–Kier alpha value is -1.22. The molecular formula is C29H52FN4O8PSi. The first-order chi connectivity index (χ1) is 20.4. The highest BCUT2D eigenvalue weighted by Gasteiger charge is 2.47. The molecule has 0 aliphatic carbocycles. The number of piperidine rings is 1.